The maximum Gasteiger partial charge on any atom is 0.0340 e. The number of nitrogens with one attached hydrogen (secondary N) is 2. The van der Waals surface area contributed by atoms with Crippen molar-refractivity contribution in [3.63, 3.8) is 0 Å². The Morgan fingerprint density at radius 1 is 1.54 bits per heavy atom. The van der Waals surface area contributed by atoms with E-state index in [9.17, 15) is 0 Å². The Morgan fingerprint density at radius 3 is 3.15 bits per heavy atom. The van der Waals surface area contributed by atoms with Crippen LogP contribution in [0.3, 0.4) is 0 Å². The third kappa shape index (κ3) is 1.63. The van der Waals surface area contributed by atoms with Crippen molar-refractivity contribution in [3.8, 4) is 0 Å². The van der Waals surface area contributed by atoms with Crippen LogP contribution in [0.1, 0.15) is 44.0 Å². The van der Waals surface area contributed by atoms with Gasteiger partial charge in [-0.05, 0) is 25.0 Å². The van der Waals surface area contributed by atoms with Crippen molar-refractivity contribution >= 4 is 0 Å². The number of H-pyrrole nitrogens is 1. The van der Waals surface area contributed by atoms with Gasteiger partial charge < -0.3 is 10.3 Å². The molecule has 0 bridgehead atoms. The van der Waals surface area contributed by atoms with Gasteiger partial charge in [0.2, 0.25) is 0 Å². The van der Waals surface area contributed by atoms with Crippen molar-refractivity contribution in [2.24, 2.45) is 0 Å². The molecular formula is C11H18N2. The van der Waals surface area contributed by atoms with Crippen LogP contribution in [0.4, 0.5) is 0 Å². The molecule has 2 N–H and O–H groups in total. The summed E-state index contributed by atoms with van der Waals surface area (Å²) < 4.78 is 0. The Balaban J connectivity index is 2.22. The lowest BCUT2D eigenvalue weighted by atomic mass is 9.94. The second kappa shape index (κ2) is 3.54. The highest BCUT2D eigenvalue weighted by Gasteiger charge is 2.23. The van der Waals surface area contributed by atoms with Crippen LogP contribution in [0.25, 0.3) is 0 Å². The fraction of sp³-hybridized carbons (Fsp3) is 0.636. The van der Waals surface area contributed by atoms with Crippen LogP contribution in [0, 0.1) is 0 Å². The molecule has 2 heteroatoms. The van der Waals surface area contributed by atoms with E-state index in [1.807, 2.05) is 0 Å². The first-order valence-electron chi connectivity index (χ1n) is 5.23. The van der Waals surface area contributed by atoms with Crippen LogP contribution in [-0.4, -0.2) is 11.0 Å². The average Bonchev–Trinajstić information content (AvgIpc) is 2.52. The average molecular weight is 178 g/mol. The summed E-state index contributed by atoms with van der Waals surface area (Å²) in [5, 5.41) is 3.64. The van der Waals surface area contributed by atoms with Gasteiger partial charge in [-0.25, -0.2) is 0 Å². The molecule has 0 aromatic carbocycles. The van der Waals surface area contributed by atoms with Crippen molar-refractivity contribution in [1.82, 2.24) is 10.3 Å². The van der Waals surface area contributed by atoms with Gasteiger partial charge in [-0.2, -0.15) is 0 Å². The van der Waals surface area contributed by atoms with Crippen LogP contribution < -0.4 is 5.32 Å². The first-order valence-corrected chi connectivity index (χ1v) is 5.23. The van der Waals surface area contributed by atoms with Gasteiger partial charge in [-0.15, -0.1) is 0 Å². The van der Waals surface area contributed by atoms with E-state index >= 15 is 0 Å². The Kier molecular flexibility index (Phi) is 2.40. The van der Waals surface area contributed by atoms with Gasteiger partial charge in [0.05, 0.1) is 0 Å². The Bertz CT molecular complexity index is 277. The molecule has 0 spiro atoms. The standard InChI is InChI=1S/C11H18N2/c1-3-4-10-9-5-6-12-11(9)7-8(2)13-10/h5-6,8,10,12-13H,3-4,7H2,1-2H3/t8-,10+/m0/s1. The highest BCUT2D eigenvalue weighted by molar-refractivity contribution is 5.27. The number of aromatic amines is 1. The molecule has 2 rings (SSSR count). The van der Waals surface area contributed by atoms with Gasteiger partial charge in [0.1, 0.15) is 0 Å². The van der Waals surface area contributed by atoms with Crippen molar-refractivity contribution in [2.45, 2.75) is 45.2 Å². The molecule has 72 valence electrons. The first kappa shape index (κ1) is 8.82. The molecule has 1 aromatic heterocycles. The monoisotopic (exact) mass is 178 g/mol. The minimum Gasteiger partial charge on any atom is -0.365 e. The van der Waals surface area contributed by atoms with E-state index in [4.69, 9.17) is 0 Å². The van der Waals surface area contributed by atoms with Crippen LogP contribution in [-0.2, 0) is 6.42 Å². The van der Waals surface area contributed by atoms with Crippen molar-refractivity contribution in [2.75, 3.05) is 0 Å². The fourth-order valence-electron chi connectivity index (χ4n) is 2.25. The minimum atomic E-state index is 0.579. The Labute approximate surface area is 79.7 Å². The molecule has 1 aliphatic rings. The largest absolute Gasteiger partial charge is 0.365 e. The van der Waals surface area contributed by atoms with E-state index in [0.717, 1.165) is 6.42 Å². The lowest BCUT2D eigenvalue weighted by Gasteiger charge is -2.29. The summed E-state index contributed by atoms with van der Waals surface area (Å²) in [5.74, 6) is 0. The predicted octanol–water partition coefficient (Wildman–Crippen LogP) is 2.39. The number of fused-ring (bicyclic) bond motifs is 1. The third-order valence-electron chi connectivity index (χ3n) is 2.82. The molecule has 0 amide bonds. The van der Waals surface area contributed by atoms with E-state index in [0.29, 0.717) is 12.1 Å². The number of rotatable bonds is 2. The molecule has 2 heterocycles. The molecule has 0 radical (unpaired) electrons. The van der Waals surface area contributed by atoms with Gasteiger partial charge >= 0.3 is 0 Å². The normalized spacial score (nSPS) is 27.2. The highest BCUT2D eigenvalue weighted by atomic mass is 15.0. The molecule has 0 saturated carbocycles. The van der Waals surface area contributed by atoms with E-state index in [-0.39, 0.29) is 0 Å². The highest BCUT2D eigenvalue weighted by Crippen LogP contribution is 2.27. The summed E-state index contributed by atoms with van der Waals surface area (Å²) in [4.78, 5) is 3.34. The Hall–Kier alpha value is -0.760. The third-order valence-corrected chi connectivity index (χ3v) is 2.82. The molecule has 2 atom stereocenters. The molecular weight excluding hydrogens is 160 g/mol. The second-order valence-electron chi connectivity index (χ2n) is 4.02. The van der Waals surface area contributed by atoms with Crippen LogP contribution in [0.5, 0.6) is 0 Å². The second-order valence-corrected chi connectivity index (χ2v) is 4.02. The number of aromatic nitrogens is 1. The molecule has 2 nitrogen and oxygen atoms in total. The van der Waals surface area contributed by atoms with Gasteiger partial charge in [0.25, 0.3) is 0 Å². The molecule has 0 aliphatic carbocycles. The first-order chi connectivity index (χ1) is 6.31. The van der Waals surface area contributed by atoms with E-state index in [2.05, 4.69) is 36.4 Å². The molecule has 0 fully saturated rings. The summed E-state index contributed by atoms with van der Waals surface area (Å²) in [6, 6.07) is 3.41. The maximum atomic E-state index is 3.64. The molecule has 0 unspecified atom stereocenters. The summed E-state index contributed by atoms with van der Waals surface area (Å²) in [5.41, 5.74) is 2.92. The quantitative estimate of drug-likeness (QED) is 0.715. The zero-order valence-corrected chi connectivity index (χ0v) is 8.43. The summed E-state index contributed by atoms with van der Waals surface area (Å²) >= 11 is 0. The Morgan fingerprint density at radius 2 is 2.38 bits per heavy atom. The van der Waals surface area contributed by atoms with Gasteiger partial charge in [-0.1, -0.05) is 13.3 Å². The molecule has 1 aliphatic heterocycles. The number of hydrogen-bond acceptors (Lipinski definition) is 1. The topological polar surface area (TPSA) is 27.8 Å². The lowest BCUT2D eigenvalue weighted by Crippen LogP contribution is -2.36. The maximum absolute atomic E-state index is 3.64. The summed E-state index contributed by atoms with van der Waals surface area (Å²) in [6.45, 7) is 4.50. The molecule has 1 aromatic rings. The zero-order chi connectivity index (χ0) is 9.26. The smallest absolute Gasteiger partial charge is 0.0340 e. The van der Waals surface area contributed by atoms with Crippen molar-refractivity contribution in [1.29, 1.82) is 0 Å². The van der Waals surface area contributed by atoms with E-state index < -0.39 is 0 Å². The zero-order valence-electron chi connectivity index (χ0n) is 8.43. The molecule has 0 saturated heterocycles. The lowest BCUT2D eigenvalue weighted by molar-refractivity contribution is 0.399. The van der Waals surface area contributed by atoms with Gasteiger partial charge in [-0.3, -0.25) is 0 Å². The predicted molar refractivity (Wildman–Crippen MR) is 54.7 cm³/mol. The summed E-state index contributed by atoms with van der Waals surface area (Å²) in [7, 11) is 0. The van der Waals surface area contributed by atoms with Crippen LogP contribution in [0.15, 0.2) is 12.3 Å². The van der Waals surface area contributed by atoms with Crippen molar-refractivity contribution < 1.29 is 0 Å². The SMILES string of the molecule is CCC[C@H]1N[C@@H](C)Cc2[nH]ccc21. The summed E-state index contributed by atoms with van der Waals surface area (Å²) in [6.07, 6.45) is 5.69. The van der Waals surface area contributed by atoms with Gasteiger partial charge in [0, 0.05) is 30.4 Å². The minimum absolute atomic E-state index is 0.579. The van der Waals surface area contributed by atoms with Crippen molar-refractivity contribution in [3.05, 3.63) is 23.5 Å². The van der Waals surface area contributed by atoms with Crippen LogP contribution >= 0.6 is 0 Å². The van der Waals surface area contributed by atoms with E-state index in [1.165, 1.54) is 24.1 Å². The fourth-order valence-corrected chi connectivity index (χ4v) is 2.25. The van der Waals surface area contributed by atoms with E-state index in [1.54, 1.807) is 0 Å². The number of hydrogen-bond donors (Lipinski definition) is 2. The van der Waals surface area contributed by atoms with Crippen LogP contribution in [0.2, 0.25) is 0 Å². The molecule has 13 heavy (non-hydrogen) atoms. The van der Waals surface area contributed by atoms with Gasteiger partial charge in [0.15, 0.2) is 0 Å².